The number of aryl methyl sites for hydroxylation is 1. The van der Waals surface area contributed by atoms with E-state index >= 15 is 0 Å². The highest BCUT2D eigenvalue weighted by Crippen LogP contribution is 2.45. The molecule has 206 valence electrons. The number of hydrogen-bond acceptors (Lipinski definition) is 7. The van der Waals surface area contributed by atoms with Gasteiger partial charge in [-0.3, -0.25) is 9.59 Å². The maximum absolute atomic E-state index is 13.4. The minimum Gasteiger partial charge on any atom is -0.508 e. The highest BCUT2D eigenvalue weighted by Gasteiger charge is 2.32. The van der Waals surface area contributed by atoms with Gasteiger partial charge in [0.25, 0.3) is 0 Å². The number of ketones is 1. The van der Waals surface area contributed by atoms with Gasteiger partial charge in [-0.2, -0.15) is 0 Å². The van der Waals surface area contributed by atoms with Crippen LogP contribution < -0.4 is 14.2 Å². The van der Waals surface area contributed by atoms with Crippen LogP contribution in [0.1, 0.15) is 57.9 Å². The summed E-state index contributed by atoms with van der Waals surface area (Å²) in [7, 11) is 5.92. The lowest BCUT2D eigenvalue weighted by molar-refractivity contribution is -0.141. The summed E-state index contributed by atoms with van der Waals surface area (Å²) in [6, 6.07) is 5.20. The van der Waals surface area contributed by atoms with Crippen molar-refractivity contribution in [2.45, 2.75) is 32.1 Å². The first-order chi connectivity index (χ1) is 18.7. The van der Waals surface area contributed by atoms with E-state index in [4.69, 9.17) is 30.5 Å². The zero-order valence-corrected chi connectivity index (χ0v) is 23.6. The van der Waals surface area contributed by atoms with Gasteiger partial charge in [-0.05, 0) is 60.7 Å². The Balaban J connectivity index is 1.65. The second kappa shape index (κ2) is 11.5. The summed E-state index contributed by atoms with van der Waals surface area (Å²) < 4.78 is 21.3. The van der Waals surface area contributed by atoms with Gasteiger partial charge in [-0.1, -0.05) is 18.2 Å². The van der Waals surface area contributed by atoms with Crippen LogP contribution in [0.4, 0.5) is 0 Å². The van der Waals surface area contributed by atoms with E-state index in [1.54, 1.807) is 38.3 Å². The number of phenolic OH excluding ortho intramolecular Hbond substituents is 1. The van der Waals surface area contributed by atoms with E-state index in [2.05, 4.69) is 4.98 Å². The molecule has 2 unspecified atom stereocenters. The summed E-state index contributed by atoms with van der Waals surface area (Å²) in [5, 5.41) is 11.4. The van der Waals surface area contributed by atoms with E-state index in [1.165, 1.54) is 21.3 Å². The number of nitrogens with one attached hydrogen (secondary N) is 1. The highest BCUT2D eigenvalue weighted by atomic mass is 35.5. The predicted octanol–water partition coefficient (Wildman–Crippen LogP) is 6.03. The number of carbonyl (C=O) groups excluding carboxylic acids is 2. The average molecular weight is 554 g/mol. The molecule has 2 N–H and O–H groups in total. The third-order valence-corrected chi connectivity index (χ3v) is 7.55. The van der Waals surface area contributed by atoms with Gasteiger partial charge in [-0.25, -0.2) is 0 Å². The lowest BCUT2D eigenvalue weighted by Gasteiger charge is -2.21. The average Bonchev–Trinajstić information content (AvgIpc) is 3.57. The number of aromatic hydroxyl groups is 1. The Hall–Kier alpha value is -3.91. The van der Waals surface area contributed by atoms with E-state index in [1.807, 2.05) is 19.1 Å². The van der Waals surface area contributed by atoms with E-state index in [9.17, 15) is 14.7 Å². The topological polar surface area (TPSA) is 107 Å². The summed E-state index contributed by atoms with van der Waals surface area (Å²) in [5.41, 5.74) is 4.67. The fourth-order valence-electron chi connectivity index (χ4n) is 5.27. The minimum absolute atomic E-state index is 0.0457. The van der Waals surface area contributed by atoms with Crippen molar-refractivity contribution in [3.8, 4) is 23.0 Å². The van der Waals surface area contributed by atoms with Crippen LogP contribution in [0.3, 0.4) is 0 Å². The van der Waals surface area contributed by atoms with E-state index in [0.29, 0.717) is 46.0 Å². The molecule has 4 rings (SSSR count). The first kappa shape index (κ1) is 28.1. The van der Waals surface area contributed by atoms with Crippen LogP contribution in [-0.4, -0.2) is 56.2 Å². The molecule has 1 aliphatic rings. The van der Waals surface area contributed by atoms with Crippen molar-refractivity contribution in [1.29, 1.82) is 0 Å². The molecule has 8 nitrogen and oxygen atoms in total. The molecule has 0 radical (unpaired) electrons. The fourth-order valence-corrected chi connectivity index (χ4v) is 5.55. The lowest BCUT2D eigenvalue weighted by Crippen LogP contribution is -2.13. The van der Waals surface area contributed by atoms with Crippen LogP contribution in [0.15, 0.2) is 35.9 Å². The van der Waals surface area contributed by atoms with Crippen molar-refractivity contribution in [2.24, 2.45) is 0 Å². The van der Waals surface area contributed by atoms with Gasteiger partial charge in [0.1, 0.15) is 11.7 Å². The number of allylic oxidation sites excluding steroid dienone is 2. The number of hydrogen-bond donors (Lipinski definition) is 2. The number of rotatable bonds is 10. The number of esters is 1. The van der Waals surface area contributed by atoms with Crippen molar-refractivity contribution in [1.82, 2.24) is 4.98 Å². The second-order valence-corrected chi connectivity index (χ2v) is 9.72. The molecule has 0 saturated carbocycles. The van der Waals surface area contributed by atoms with Gasteiger partial charge in [0.15, 0.2) is 11.5 Å². The van der Waals surface area contributed by atoms with Crippen LogP contribution >= 0.6 is 11.6 Å². The number of fused-ring (bicyclic) bond motifs is 2. The first-order valence-corrected chi connectivity index (χ1v) is 12.9. The molecule has 0 aliphatic heterocycles. The fraction of sp³-hybridized carbons (Fsp3) is 0.333. The third kappa shape index (κ3) is 4.96. The Bertz CT molecular complexity index is 1500. The third-order valence-electron chi connectivity index (χ3n) is 7.18. The van der Waals surface area contributed by atoms with Crippen LogP contribution in [-0.2, 0) is 9.53 Å². The van der Waals surface area contributed by atoms with Crippen LogP contribution in [0.2, 0.25) is 0 Å². The molecule has 0 spiro atoms. The smallest absolute Gasteiger partial charge is 0.317 e. The van der Waals surface area contributed by atoms with E-state index in [-0.39, 0.29) is 23.3 Å². The van der Waals surface area contributed by atoms with Crippen molar-refractivity contribution in [3.05, 3.63) is 63.9 Å². The molecule has 0 amide bonds. The minimum atomic E-state index is -0.671. The number of ether oxygens (including phenoxy) is 4. The molecule has 39 heavy (non-hydrogen) atoms. The maximum atomic E-state index is 13.4. The maximum Gasteiger partial charge on any atom is 0.317 e. The van der Waals surface area contributed by atoms with Crippen LogP contribution in [0.5, 0.6) is 23.0 Å². The van der Waals surface area contributed by atoms with Crippen molar-refractivity contribution < 1.29 is 33.6 Å². The number of phenols is 1. The van der Waals surface area contributed by atoms with Crippen LogP contribution in [0, 0.1) is 6.92 Å². The molecule has 0 bridgehead atoms. The molecule has 1 heterocycles. The number of benzene rings is 2. The number of aromatic amines is 1. The Morgan fingerprint density at radius 1 is 1.10 bits per heavy atom. The number of methoxy groups -OCH3 is 4. The van der Waals surface area contributed by atoms with Crippen molar-refractivity contribution >= 4 is 40.3 Å². The lowest BCUT2D eigenvalue weighted by atomic mass is 9.85. The second-order valence-electron chi connectivity index (χ2n) is 9.41. The number of Topliss-reactive ketones (excluding diaryl/α,β-unsaturated/α-hetero) is 1. The van der Waals surface area contributed by atoms with Gasteiger partial charge in [0, 0.05) is 22.7 Å². The van der Waals surface area contributed by atoms with Crippen LogP contribution in [0.25, 0.3) is 17.0 Å². The number of aromatic nitrogens is 1. The molecule has 9 heteroatoms. The summed E-state index contributed by atoms with van der Waals surface area (Å²) in [6.45, 7) is 3.66. The molecule has 3 aromatic rings. The standard InChI is InChI=1S/C30H32ClNO7/c1-15(27(34)21-12-18-13-23(36-3)28(37-4)29(38-5)26(18)32-21)7-8-17(14-31)24-16(2)11-22(33)25-19(24)9-10-20(25)30(35)39-6/h7,9-13,17,20,32-33H,8,14H2,1-6H3. The summed E-state index contributed by atoms with van der Waals surface area (Å²) in [6.07, 6.45) is 5.92. The Kier molecular flexibility index (Phi) is 8.25. The molecule has 1 aliphatic carbocycles. The highest BCUT2D eigenvalue weighted by molar-refractivity contribution is 6.18. The zero-order valence-electron chi connectivity index (χ0n) is 22.8. The Morgan fingerprint density at radius 3 is 2.44 bits per heavy atom. The van der Waals surface area contributed by atoms with E-state index < -0.39 is 11.9 Å². The number of halogens is 1. The molecule has 1 aromatic heterocycles. The van der Waals surface area contributed by atoms with Crippen molar-refractivity contribution in [2.75, 3.05) is 34.3 Å². The zero-order chi connectivity index (χ0) is 28.4. The summed E-state index contributed by atoms with van der Waals surface area (Å²) in [5.74, 6) is 0.284. The molecule has 0 fully saturated rings. The molecule has 0 saturated heterocycles. The Labute approximate surface area is 232 Å². The van der Waals surface area contributed by atoms with Gasteiger partial charge in [0.2, 0.25) is 11.5 Å². The predicted molar refractivity (Wildman–Crippen MR) is 151 cm³/mol. The summed E-state index contributed by atoms with van der Waals surface area (Å²) in [4.78, 5) is 28.8. The normalized spacial score (nSPS) is 15.3. The molecule has 2 aromatic carbocycles. The largest absolute Gasteiger partial charge is 0.508 e. The molecule has 2 atom stereocenters. The van der Waals surface area contributed by atoms with Gasteiger partial charge < -0.3 is 29.0 Å². The molecular weight excluding hydrogens is 522 g/mol. The van der Waals surface area contributed by atoms with E-state index in [0.717, 1.165) is 22.1 Å². The number of alkyl halides is 1. The first-order valence-electron chi connectivity index (χ1n) is 12.4. The number of H-pyrrole nitrogens is 1. The Morgan fingerprint density at radius 2 is 1.82 bits per heavy atom. The SMILES string of the molecule is COC(=O)C1C=Cc2c(C(CCl)CC=C(C)C(=O)c3cc4cc(OC)c(OC)c(OC)c4[nH]3)c(C)cc(O)c21. The van der Waals surface area contributed by atoms with Gasteiger partial charge in [0.05, 0.1) is 39.6 Å². The van der Waals surface area contributed by atoms with Gasteiger partial charge >= 0.3 is 5.97 Å². The van der Waals surface area contributed by atoms with Crippen molar-refractivity contribution in [3.63, 3.8) is 0 Å². The van der Waals surface area contributed by atoms with Gasteiger partial charge in [-0.15, -0.1) is 11.6 Å². The molecular formula is C30H32ClNO7. The number of carbonyl (C=O) groups is 2. The quantitative estimate of drug-likeness (QED) is 0.136. The summed E-state index contributed by atoms with van der Waals surface area (Å²) >= 11 is 6.43. The monoisotopic (exact) mass is 553 g/mol.